The van der Waals surface area contributed by atoms with Gasteiger partial charge in [-0.3, -0.25) is 0 Å². The number of hydrogen-bond acceptors (Lipinski definition) is 4. The molecule has 4 nitrogen and oxygen atoms in total. The SMILES string of the molecule is Cc1cc(C)cc(CSc2nnc(C3CCCN3)n2Cc2ccccc2)c1. The first-order valence-corrected chi connectivity index (χ1v) is 10.6. The predicted molar refractivity (Wildman–Crippen MR) is 111 cm³/mol. The van der Waals surface area contributed by atoms with Crippen molar-refractivity contribution in [2.24, 2.45) is 0 Å². The van der Waals surface area contributed by atoms with Gasteiger partial charge in [0.15, 0.2) is 11.0 Å². The number of nitrogens with zero attached hydrogens (tertiary/aromatic N) is 3. The minimum absolute atomic E-state index is 0.316. The molecular formula is C22H26N4S. The fraction of sp³-hybridized carbons (Fsp3) is 0.364. The van der Waals surface area contributed by atoms with Gasteiger partial charge in [0.05, 0.1) is 12.6 Å². The van der Waals surface area contributed by atoms with E-state index < -0.39 is 0 Å². The Morgan fingerprint density at radius 3 is 2.52 bits per heavy atom. The Morgan fingerprint density at radius 1 is 1.04 bits per heavy atom. The summed E-state index contributed by atoms with van der Waals surface area (Å²) in [6.07, 6.45) is 2.34. The Bertz CT molecular complexity index is 878. The second kappa shape index (κ2) is 8.28. The van der Waals surface area contributed by atoms with E-state index in [0.29, 0.717) is 6.04 Å². The number of benzene rings is 2. The van der Waals surface area contributed by atoms with Crippen molar-refractivity contribution in [2.45, 2.75) is 50.2 Å². The van der Waals surface area contributed by atoms with E-state index in [1.165, 1.54) is 28.7 Å². The van der Waals surface area contributed by atoms with Gasteiger partial charge in [-0.05, 0) is 44.4 Å². The molecule has 1 aliphatic heterocycles. The van der Waals surface area contributed by atoms with Gasteiger partial charge < -0.3 is 9.88 Å². The van der Waals surface area contributed by atoms with Gasteiger partial charge in [0.1, 0.15) is 0 Å². The fourth-order valence-corrected chi connectivity index (χ4v) is 4.66. The average molecular weight is 379 g/mol. The first-order valence-electron chi connectivity index (χ1n) is 9.59. The lowest BCUT2D eigenvalue weighted by Crippen LogP contribution is -2.19. The third-order valence-electron chi connectivity index (χ3n) is 4.95. The maximum absolute atomic E-state index is 4.57. The van der Waals surface area contributed by atoms with Gasteiger partial charge in [-0.15, -0.1) is 10.2 Å². The summed E-state index contributed by atoms with van der Waals surface area (Å²) in [7, 11) is 0. The molecule has 1 aliphatic rings. The normalized spacial score (nSPS) is 16.7. The summed E-state index contributed by atoms with van der Waals surface area (Å²) in [5.74, 6) is 1.98. The topological polar surface area (TPSA) is 42.7 Å². The Labute approximate surface area is 165 Å². The van der Waals surface area contributed by atoms with Crippen LogP contribution in [-0.4, -0.2) is 21.3 Å². The van der Waals surface area contributed by atoms with Crippen LogP contribution in [0.4, 0.5) is 0 Å². The molecule has 0 radical (unpaired) electrons. The predicted octanol–water partition coefficient (Wildman–Crippen LogP) is 4.66. The molecule has 2 aromatic carbocycles. The minimum atomic E-state index is 0.316. The molecule has 0 amide bonds. The molecule has 1 N–H and O–H groups in total. The first-order chi connectivity index (χ1) is 13.2. The zero-order valence-corrected chi connectivity index (χ0v) is 16.8. The molecule has 0 saturated carbocycles. The van der Waals surface area contributed by atoms with Crippen LogP contribution in [0.2, 0.25) is 0 Å². The van der Waals surface area contributed by atoms with E-state index >= 15 is 0 Å². The highest BCUT2D eigenvalue weighted by atomic mass is 32.2. The van der Waals surface area contributed by atoms with E-state index in [9.17, 15) is 0 Å². The van der Waals surface area contributed by atoms with Crippen molar-refractivity contribution >= 4 is 11.8 Å². The number of nitrogens with one attached hydrogen (secondary N) is 1. The molecule has 1 aromatic heterocycles. The summed E-state index contributed by atoms with van der Waals surface area (Å²) in [5.41, 5.74) is 5.25. The van der Waals surface area contributed by atoms with Crippen LogP contribution in [0.5, 0.6) is 0 Å². The van der Waals surface area contributed by atoms with E-state index in [-0.39, 0.29) is 0 Å². The average Bonchev–Trinajstić information content (AvgIpc) is 3.30. The maximum atomic E-state index is 4.57. The number of rotatable bonds is 6. The molecule has 3 aromatic rings. The lowest BCUT2D eigenvalue weighted by Gasteiger charge is -2.14. The molecule has 140 valence electrons. The van der Waals surface area contributed by atoms with Gasteiger partial charge >= 0.3 is 0 Å². The molecule has 2 heterocycles. The smallest absolute Gasteiger partial charge is 0.191 e. The summed E-state index contributed by atoms with van der Waals surface area (Å²) in [6.45, 7) is 6.19. The summed E-state index contributed by atoms with van der Waals surface area (Å²) < 4.78 is 2.30. The largest absolute Gasteiger partial charge is 0.307 e. The van der Waals surface area contributed by atoms with Gasteiger partial charge in [-0.1, -0.05) is 71.4 Å². The van der Waals surface area contributed by atoms with Crippen LogP contribution in [0.15, 0.2) is 53.7 Å². The van der Waals surface area contributed by atoms with E-state index in [1.54, 1.807) is 11.8 Å². The minimum Gasteiger partial charge on any atom is -0.307 e. The van der Waals surface area contributed by atoms with Crippen molar-refractivity contribution in [3.8, 4) is 0 Å². The first kappa shape index (κ1) is 18.3. The maximum Gasteiger partial charge on any atom is 0.191 e. The number of thioether (sulfide) groups is 1. The zero-order chi connectivity index (χ0) is 18.6. The molecule has 0 aliphatic carbocycles. The Morgan fingerprint density at radius 2 is 1.81 bits per heavy atom. The van der Waals surface area contributed by atoms with E-state index in [2.05, 4.69) is 82.5 Å². The highest BCUT2D eigenvalue weighted by molar-refractivity contribution is 7.98. The van der Waals surface area contributed by atoms with Crippen molar-refractivity contribution in [1.82, 2.24) is 20.1 Å². The Hall–Kier alpha value is -2.11. The molecule has 1 fully saturated rings. The summed E-state index contributed by atoms with van der Waals surface area (Å²) in [6, 6.07) is 17.6. The molecule has 0 spiro atoms. The Balaban J connectivity index is 1.59. The van der Waals surface area contributed by atoms with Crippen LogP contribution in [0.3, 0.4) is 0 Å². The van der Waals surface area contributed by atoms with Gasteiger partial charge in [0, 0.05) is 5.75 Å². The standard InChI is InChI=1S/C22H26N4S/c1-16-11-17(2)13-19(12-16)15-27-22-25-24-21(20-9-6-10-23-20)26(22)14-18-7-4-3-5-8-18/h3-5,7-8,11-13,20,23H,6,9-10,14-15H2,1-2H3. The molecule has 0 bridgehead atoms. The summed E-state index contributed by atoms with van der Waals surface area (Å²) >= 11 is 1.78. The van der Waals surface area contributed by atoms with Gasteiger partial charge in [-0.2, -0.15) is 0 Å². The second-order valence-corrected chi connectivity index (χ2v) is 8.29. The van der Waals surface area contributed by atoms with Crippen LogP contribution in [0, 0.1) is 13.8 Å². The van der Waals surface area contributed by atoms with E-state index in [1.807, 2.05) is 0 Å². The molecule has 1 saturated heterocycles. The van der Waals surface area contributed by atoms with Crippen LogP contribution in [0.1, 0.15) is 47.0 Å². The van der Waals surface area contributed by atoms with Crippen LogP contribution in [-0.2, 0) is 12.3 Å². The van der Waals surface area contributed by atoms with Crippen molar-refractivity contribution < 1.29 is 0 Å². The molecule has 4 rings (SSSR count). The zero-order valence-electron chi connectivity index (χ0n) is 16.0. The van der Waals surface area contributed by atoms with Gasteiger partial charge in [0.2, 0.25) is 0 Å². The second-order valence-electron chi connectivity index (χ2n) is 7.35. The fourth-order valence-electron chi connectivity index (χ4n) is 3.78. The van der Waals surface area contributed by atoms with Crippen LogP contribution < -0.4 is 5.32 Å². The van der Waals surface area contributed by atoms with Crippen LogP contribution in [0.25, 0.3) is 0 Å². The number of hydrogen-bond donors (Lipinski definition) is 1. The number of aryl methyl sites for hydroxylation is 2. The lowest BCUT2D eigenvalue weighted by atomic mass is 10.1. The van der Waals surface area contributed by atoms with Gasteiger partial charge in [-0.25, -0.2) is 0 Å². The quantitative estimate of drug-likeness (QED) is 0.634. The highest BCUT2D eigenvalue weighted by Crippen LogP contribution is 2.28. The van der Waals surface area contributed by atoms with E-state index in [0.717, 1.165) is 36.2 Å². The third-order valence-corrected chi connectivity index (χ3v) is 5.99. The van der Waals surface area contributed by atoms with Crippen molar-refractivity contribution in [3.05, 3.63) is 76.6 Å². The monoisotopic (exact) mass is 378 g/mol. The summed E-state index contributed by atoms with van der Waals surface area (Å²) in [5, 5.41) is 13.7. The summed E-state index contributed by atoms with van der Waals surface area (Å²) in [4.78, 5) is 0. The highest BCUT2D eigenvalue weighted by Gasteiger charge is 2.24. The molecule has 5 heteroatoms. The molecule has 1 unspecified atom stereocenters. The van der Waals surface area contributed by atoms with Crippen molar-refractivity contribution in [2.75, 3.05) is 6.54 Å². The van der Waals surface area contributed by atoms with E-state index in [4.69, 9.17) is 0 Å². The van der Waals surface area contributed by atoms with Crippen molar-refractivity contribution in [1.29, 1.82) is 0 Å². The lowest BCUT2D eigenvalue weighted by molar-refractivity contribution is 0.550. The number of aromatic nitrogens is 3. The molecular weight excluding hydrogens is 352 g/mol. The van der Waals surface area contributed by atoms with Gasteiger partial charge in [0.25, 0.3) is 0 Å². The molecule has 27 heavy (non-hydrogen) atoms. The van der Waals surface area contributed by atoms with Crippen LogP contribution >= 0.6 is 11.8 Å². The van der Waals surface area contributed by atoms with Crippen molar-refractivity contribution in [3.63, 3.8) is 0 Å². The Kier molecular flexibility index (Phi) is 5.60. The molecule has 1 atom stereocenters. The third kappa shape index (κ3) is 4.42.